The van der Waals surface area contributed by atoms with E-state index in [1.807, 2.05) is 0 Å². The second-order valence-corrected chi connectivity index (χ2v) is 3.24. The van der Waals surface area contributed by atoms with Gasteiger partial charge >= 0.3 is 12.0 Å². The van der Waals surface area contributed by atoms with Crippen LogP contribution in [0.4, 0.5) is 0 Å². The molecule has 0 unspecified atom stereocenters. The number of aromatic hydroxyl groups is 1. The van der Waals surface area contributed by atoms with E-state index in [0.29, 0.717) is 10.7 Å². The average Bonchev–Trinajstić information content (AvgIpc) is 2.28. The van der Waals surface area contributed by atoms with Crippen molar-refractivity contribution in [1.82, 2.24) is 19.9 Å². The lowest BCUT2D eigenvalue weighted by Gasteiger charge is -2.02. The molecule has 0 bridgehead atoms. The number of ether oxygens (including phenoxy) is 1. The van der Waals surface area contributed by atoms with Crippen molar-refractivity contribution in [3.63, 3.8) is 0 Å². The number of pyridine rings is 1. The Morgan fingerprint density at radius 1 is 1.31 bits per heavy atom. The van der Waals surface area contributed by atoms with Gasteiger partial charge in [-0.2, -0.15) is 9.97 Å². The Morgan fingerprint density at radius 3 is 2.81 bits per heavy atom. The summed E-state index contributed by atoms with van der Waals surface area (Å²) in [4.78, 5) is 15.2. The fourth-order valence-corrected chi connectivity index (χ4v) is 1.24. The molecular weight excluding hydrogens is 232 g/mol. The van der Waals surface area contributed by atoms with Crippen LogP contribution in [-0.4, -0.2) is 32.2 Å². The highest BCUT2D eigenvalue weighted by molar-refractivity contribution is 6.30. The lowest BCUT2D eigenvalue weighted by Crippen LogP contribution is -1.98. The van der Waals surface area contributed by atoms with Crippen molar-refractivity contribution in [3.05, 3.63) is 23.4 Å². The Hall–Kier alpha value is -1.95. The van der Waals surface area contributed by atoms with Crippen molar-refractivity contribution in [2.75, 3.05) is 7.11 Å². The summed E-state index contributed by atoms with van der Waals surface area (Å²) in [6.45, 7) is 0. The van der Waals surface area contributed by atoms with Gasteiger partial charge in [0.2, 0.25) is 0 Å². The normalized spacial score (nSPS) is 10.1. The summed E-state index contributed by atoms with van der Waals surface area (Å²) in [6, 6.07) is 2.80. The van der Waals surface area contributed by atoms with Gasteiger partial charge in [-0.05, 0) is 12.1 Å². The maximum atomic E-state index is 9.25. The lowest BCUT2D eigenvalue weighted by atomic mass is 10.3. The van der Waals surface area contributed by atoms with Crippen LogP contribution in [0.5, 0.6) is 12.0 Å². The quantitative estimate of drug-likeness (QED) is 0.849. The summed E-state index contributed by atoms with van der Waals surface area (Å²) >= 11 is 5.80. The lowest BCUT2D eigenvalue weighted by molar-refractivity contribution is 0.356. The van der Waals surface area contributed by atoms with E-state index in [2.05, 4.69) is 19.9 Å². The highest BCUT2D eigenvalue weighted by Crippen LogP contribution is 2.19. The zero-order valence-corrected chi connectivity index (χ0v) is 9.01. The van der Waals surface area contributed by atoms with Gasteiger partial charge in [-0.1, -0.05) is 11.6 Å². The Morgan fingerprint density at radius 2 is 2.12 bits per heavy atom. The standard InChI is InChI=1S/C9H7ClN4O2/c1-16-9-13-7(12-8(15)14-9)6-4-5(10)2-3-11-6/h2-4H,1H3,(H,12,13,14,15). The summed E-state index contributed by atoms with van der Waals surface area (Å²) in [5.74, 6) is 0.201. The number of rotatable bonds is 2. The first-order chi connectivity index (χ1) is 7.69. The molecule has 6 nitrogen and oxygen atoms in total. The third-order valence-corrected chi connectivity index (χ3v) is 1.97. The number of hydrogen-bond acceptors (Lipinski definition) is 6. The molecule has 2 rings (SSSR count). The molecule has 16 heavy (non-hydrogen) atoms. The van der Waals surface area contributed by atoms with Crippen LogP contribution in [0.25, 0.3) is 11.5 Å². The van der Waals surface area contributed by atoms with E-state index in [0.717, 1.165) is 0 Å². The minimum absolute atomic E-state index is 0.0178. The molecule has 2 heterocycles. The van der Waals surface area contributed by atoms with Crippen molar-refractivity contribution < 1.29 is 9.84 Å². The first-order valence-corrected chi connectivity index (χ1v) is 4.68. The molecule has 82 valence electrons. The summed E-state index contributed by atoms with van der Waals surface area (Å²) in [5.41, 5.74) is 0.434. The molecule has 0 fully saturated rings. The molecule has 0 spiro atoms. The van der Waals surface area contributed by atoms with Gasteiger partial charge in [0.05, 0.1) is 7.11 Å². The predicted molar refractivity (Wildman–Crippen MR) is 56.3 cm³/mol. The van der Waals surface area contributed by atoms with Crippen LogP contribution >= 0.6 is 11.6 Å². The maximum absolute atomic E-state index is 9.25. The number of halogens is 1. The van der Waals surface area contributed by atoms with Crippen LogP contribution in [0.3, 0.4) is 0 Å². The third-order valence-electron chi connectivity index (χ3n) is 1.74. The predicted octanol–water partition coefficient (Wildman–Crippen LogP) is 1.30. The Labute approximate surface area is 95.9 Å². The second kappa shape index (κ2) is 4.28. The average molecular weight is 239 g/mol. The van der Waals surface area contributed by atoms with Crippen molar-refractivity contribution in [2.24, 2.45) is 0 Å². The van der Waals surface area contributed by atoms with Crippen LogP contribution in [0.2, 0.25) is 5.02 Å². The van der Waals surface area contributed by atoms with Gasteiger partial charge in [0.25, 0.3) is 0 Å². The van der Waals surface area contributed by atoms with E-state index in [1.165, 1.54) is 13.3 Å². The number of nitrogens with zero attached hydrogens (tertiary/aromatic N) is 4. The van der Waals surface area contributed by atoms with Gasteiger partial charge in [0.15, 0.2) is 5.82 Å². The highest BCUT2D eigenvalue weighted by Gasteiger charge is 2.09. The van der Waals surface area contributed by atoms with E-state index in [4.69, 9.17) is 16.3 Å². The molecule has 0 saturated heterocycles. The van der Waals surface area contributed by atoms with Crippen molar-refractivity contribution in [1.29, 1.82) is 0 Å². The second-order valence-electron chi connectivity index (χ2n) is 2.81. The summed E-state index contributed by atoms with van der Waals surface area (Å²) in [7, 11) is 1.39. The molecule has 7 heteroatoms. The van der Waals surface area contributed by atoms with Crippen molar-refractivity contribution in [3.8, 4) is 23.5 Å². The van der Waals surface area contributed by atoms with Gasteiger partial charge in [-0.3, -0.25) is 4.98 Å². The maximum Gasteiger partial charge on any atom is 0.322 e. The molecule has 2 aromatic heterocycles. The van der Waals surface area contributed by atoms with Crippen molar-refractivity contribution in [2.45, 2.75) is 0 Å². The van der Waals surface area contributed by atoms with E-state index < -0.39 is 6.01 Å². The van der Waals surface area contributed by atoms with E-state index in [-0.39, 0.29) is 11.8 Å². The fourth-order valence-electron chi connectivity index (χ4n) is 1.08. The van der Waals surface area contributed by atoms with Gasteiger partial charge < -0.3 is 9.84 Å². The molecular formula is C9H7ClN4O2. The Balaban J connectivity index is 2.51. The first kappa shape index (κ1) is 10.6. The summed E-state index contributed by atoms with van der Waals surface area (Å²) in [5, 5.41) is 9.76. The van der Waals surface area contributed by atoms with Gasteiger partial charge in [0, 0.05) is 11.2 Å². The highest BCUT2D eigenvalue weighted by atomic mass is 35.5. The minimum atomic E-state index is -0.427. The smallest absolute Gasteiger partial charge is 0.322 e. The van der Waals surface area contributed by atoms with Crippen LogP contribution in [0.1, 0.15) is 0 Å². The summed E-state index contributed by atoms with van der Waals surface area (Å²) < 4.78 is 4.80. The molecule has 1 N–H and O–H groups in total. The topological polar surface area (TPSA) is 81.0 Å². The molecule has 0 aliphatic rings. The first-order valence-electron chi connectivity index (χ1n) is 4.30. The largest absolute Gasteiger partial charge is 0.479 e. The van der Waals surface area contributed by atoms with Crippen LogP contribution < -0.4 is 4.74 Å². The number of aromatic nitrogens is 4. The molecule has 0 aliphatic carbocycles. The fraction of sp³-hybridized carbons (Fsp3) is 0.111. The molecule has 2 aromatic rings. The van der Waals surface area contributed by atoms with Gasteiger partial charge in [-0.15, -0.1) is 4.98 Å². The van der Waals surface area contributed by atoms with Crippen LogP contribution in [-0.2, 0) is 0 Å². The molecule has 0 aromatic carbocycles. The van der Waals surface area contributed by atoms with Crippen LogP contribution in [0, 0.1) is 0 Å². The Bertz CT molecular complexity index is 521. The van der Waals surface area contributed by atoms with E-state index in [9.17, 15) is 5.11 Å². The third kappa shape index (κ3) is 2.17. The minimum Gasteiger partial charge on any atom is -0.479 e. The van der Waals surface area contributed by atoms with Crippen LogP contribution in [0.15, 0.2) is 18.3 Å². The molecule has 0 radical (unpaired) electrons. The number of methoxy groups -OCH3 is 1. The van der Waals surface area contributed by atoms with Gasteiger partial charge in [0.1, 0.15) is 5.69 Å². The van der Waals surface area contributed by atoms with Crippen molar-refractivity contribution >= 4 is 11.6 Å². The number of hydrogen-bond donors (Lipinski definition) is 1. The van der Waals surface area contributed by atoms with E-state index in [1.54, 1.807) is 12.1 Å². The molecule has 0 saturated carbocycles. The zero-order chi connectivity index (χ0) is 11.5. The SMILES string of the molecule is COc1nc(O)nc(-c2cc(Cl)ccn2)n1. The monoisotopic (exact) mass is 238 g/mol. The summed E-state index contributed by atoms with van der Waals surface area (Å²) in [6.07, 6.45) is 1.52. The zero-order valence-electron chi connectivity index (χ0n) is 8.25. The van der Waals surface area contributed by atoms with Gasteiger partial charge in [-0.25, -0.2) is 0 Å². The molecule has 0 amide bonds. The molecule has 0 atom stereocenters. The Kier molecular flexibility index (Phi) is 2.82. The molecule has 0 aliphatic heterocycles. The van der Waals surface area contributed by atoms with E-state index >= 15 is 0 Å².